The Hall–Kier alpha value is -7.95. The Balaban J connectivity index is 0.000000456. The summed E-state index contributed by atoms with van der Waals surface area (Å²) in [7, 11) is 0. The van der Waals surface area contributed by atoms with Crippen LogP contribution in [0.25, 0.3) is 10.4 Å². The molecule has 2 aliphatic rings. The molecule has 0 aliphatic carbocycles. The van der Waals surface area contributed by atoms with Crippen molar-refractivity contribution in [3.63, 3.8) is 0 Å². The van der Waals surface area contributed by atoms with Crippen molar-refractivity contribution in [2.24, 2.45) is 5.11 Å². The van der Waals surface area contributed by atoms with Crippen molar-refractivity contribution < 1.29 is 124 Å². The van der Waals surface area contributed by atoms with Gasteiger partial charge in [-0.1, -0.05) is 5.11 Å². The van der Waals surface area contributed by atoms with Crippen LogP contribution in [0.5, 0.6) is 11.5 Å². The van der Waals surface area contributed by atoms with Gasteiger partial charge in [0.25, 0.3) is 0 Å². The summed E-state index contributed by atoms with van der Waals surface area (Å²) >= 11 is 0. The third kappa shape index (κ3) is 24.0. The van der Waals surface area contributed by atoms with E-state index in [0.29, 0.717) is 62.8 Å². The van der Waals surface area contributed by atoms with Crippen molar-refractivity contribution in [3.05, 3.63) is 69.1 Å². The number of carboxylic acids is 1. The van der Waals surface area contributed by atoms with E-state index in [9.17, 15) is 47.9 Å². The number of aromatic carboxylic acids is 1. The molecule has 0 amide bonds. The third-order valence-electron chi connectivity index (χ3n) is 11.1. The molecular formula is C53H69N3O26. The first-order valence-corrected chi connectivity index (χ1v) is 25.5. The molecule has 2 unspecified atom stereocenters. The Morgan fingerprint density at radius 2 is 0.866 bits per heavy atom. The van der Waals surface area contributed by atoms with Crippen LogP contribution in [0.1, 0.15) is 100 Å². The van der Waals surface area contributed by atoms with Gasteiger partial charge in [-0.3, -0.25) is 43.2 Å². The fraction of sp³-hybridized carbons (Fsp3) is 0.585. The number of Topliss-reactive ketones (excluding diaryl/α,β-unsaturated/α-hetero) is 1. The monoisotopic (exact) mass is 1160 g/mol. The van der Waals surface area contributed by atoms with Crippen molar-refractivity contribution in [3.8, 4) is 11.5 Å². The van der Waals surface area contributed by atoms with E-state index in [4.69, 9.17) is 81.7 Å². The smallest absolute Gasteiger partial charge is 0.335 e. The van der Waals surface area contributed by atoms with Gasteiger partial charge in [0.05, 0.1) is 38.6 Å². The number of carbonyl (C=O) groups excluding carboxylic acids is 9. The number of nitrogens with zero attached hydrogens (tertiary/aromatic N) is 3. The molecule has 2 aromatic rings. The zero-order chi connectivity index (χ0) is 61.1. The highest BCUT2D eigenvalue weighted by Crippen LogP contribution is 2.34. The van der Waals surface area contributed by atoms with E-state index in [2.05, 4.69) is 10.0 Å². The van der Waals surface area contributed by atoms with E-state index in [-0.39, 0.29) is 35.8 Å². The van der Waals surface area contributed by atoms with Gasteiger partial charge in [0.1, 0.15) is 36.9 Å². The fourth-order valence-corrected chi connectivity index (χ4v) is 7.86. The number of carboxylic acid groups (broad SMARTS) is 1. The Labute approximate surface area is 471 Å². The standard InChI is InChI=1S/C31H43N3O14.C22H26O12/c1-19-17-24(25(39)7-6-11-40-13-15-42-16-14-41-12-10-33-34-32)8-9-26(19)47-31-30(46-23(5)38)29(45-22(4)37)28(44-21(3)36)27(48-31)18-43-20(2)35;1-10-8-15(21(27)28)6-7-16(10)33-22-20(32-14(5)26)19(31-13(4)25)18(30-12(3)24)17(34-22)9-29-11(2)23/h8-9,17,27-31H,6-7,10-16,18H2,1-5H3;6-8,17-20,22H,9H2,1-5H3,(H,27,28)/t27-,28+,29+,30-,31?;17-,18+,19+,20-,22?/m11/s1. The zero-order valence-corrected chi connectivity index (χ0v) is 47.0. The van der Waals surface area contributed by atoms with Crippen molar-refractivity contribution in [2.75, 3.05) is 59.4 Å². The lowest BCUT2D eigenvalue weighted by atomic mass is 9.98. The summed E-state index contributed by atoms with van der Waals surface area (Å²) < 4.78 is 82.2. The third-order valence-corrected chi connectivity index (χ3v) is 11.1. The van der Waals surface area contributed by atoms with Gasteiger partial charge >= 0.3 is 53.7 Å². The molecule has 2 heterocycles. The summed E-state index contributed by atoms with van der Waals surface area (Å²) in [5.74, 6) is -6.64. The summed E-state index contributed by atoms with van der Waals surface area (Å²) in [5, 5.41) is 12.5. The van der Waals surface area contributed by atoms with E-state index in [1.165, 1.54) is 25.1 Å². The Kier molecular flexibility index (Phi) is 29.2. The first-order valence-electron chi connectivity index (χ1n) is 25.5. The van der Waals surface area contributed by atoms with Crippen LogP contribution in [-0.2, 0) is 99.9 Å². The minimum absolute atomic E-state index is 0.0198. The number of rotatable bonds is 29. The van der Waals surface area contributed by atoms with Gasteiger partial charge in [-0.05, 0) is 73.3 Å². The molecule has 2 saturated heterocycles. The second-order valence-corrected chi connectivity index (χ2v) is 18.0. The number of carbonyl (C=O) groups is 10. The SMILES string of the molecule is CC(=O)OC[C@H]1OC(Oc2ccc(C(=O)CCCOCCOCCOCCN=[N+]=[N-])cc2C)[C@H](OC(C)=O)[C@@H](OC(C)=O)[C@H]1OC(C)=O.CC(=O)OC[C@H]1OC(Oc2ccc(C(=O)O)cc2C)[C@H](OC(C)=O)[C@@H](OC(C)=O)[C@H]1OC(C)=O. The number of hydrogen-bond acceptors (Lipinski definition) is 26. The molecule has 0 spiro atoms. The molecule has 0 bridgehead atoms. The molecule has 2 aromatic carbocycles. The number of ether oxygens (including phenoxy) is 15. The van der Waals surface area contributed by atoms with E-state index in [1.807, 2.05) is 0 Å². The lowest BCUT2D eigenvalue weighted by Crippen LogP contribution is -2.63. The molecule has 29 heteroatoms. The topological polar surface area (TPSA) is 378 Å². The van der Waals surface area contributed by atoms with Crippen LogP contribution in [0.2, 0.25) is 0 Å². The summed E-state index contributed by atoms with van der Waals surface area (Å²) in [4.78, 5) is 121. The van der Waals surface area contributed by atoms with E-state index in [0.717, 1.165) is 48.5 Å². The van der Waals surface area contributed by atoms with Crippen LogP contribution in [0, 0.1) is 13.8 Å². The normalized spacial score (nSPS) is 21.7. The van der Waals surface area contributed by atoms with Crippen molar-refractivity contribution in [1.82, 2.24) is 0 Å². The Morgan fingerprint density at radius 3 is 1.24 bits per heavy atom. The molecular weight excluding hydrogens is 1090 g/mol. The van der Waals surface area contributed by atoms with E-state index in [1.54, 1.807) is 32.0 Å². The number of azide groups is 1. The first kappa shape index (κ1) is 68.3. The minimum Gasteiger partial charge on any atom is -0.478 e. The van der Waals surface area contributed by atoms with Gasteiger partial charge < -0.3 is 76.2 Å². The lowest BCUT2D eigenvalue weighted by Gasteiger charge is -2.44. The molecule has 4 rings (SSSR count). The van der Waals surface area contributed by atoms with Crippen LogP contribution in [-0.4, -0.2) is 185 Å². The largest absolute Gasteiger partial charge is 0.478 e. The van der Waals surface area contributed by atoms with Gasteiger partial charge in [-0.15, -0.1) is 0 Å². The van der Waals surface area contributed by atoms with Crippen LogP contribution in [0.4, 0.5) is 0 Å². The van der Waals surface area contributed by atoms with Crippen LogP contribution in [0.3, 0.4) is 0 Å². The van der Waals surface area contributed by atoms with Crippen molar-refractivity contribution >= 4 is 59.5 Å². The maximum absolute atomic E-state index is 12.8. The Morgan fingerprint density at radius 1 is 0.500 bits per heavy atom. The number of hydrogen-bond donors (Lipinski definition) is 1. The van der Waals surface area contributed by atoms with Gasteiger partial charge in [0, 0.05) is 85.4 Å². The number of benzene rings is 2. The fourth-order valence-electron chi connectivity index (χ4n) is 7.86. The van der Waals surface area contributed by atoms with Gasteiger partial charge in [-0.2, -0.15) is 0 Å². The molecule has 2 fully saturated rings. The molecule has 2 aliphatic heterocycles. The average molecular weight is 1160 g/mol. The molecule has 82 heavy (non-hydrogen) atoms. The molecule has 1 N–H and O–H groups in total. The second-order valence-electron chi connectivity index (χ2n) is 18.0. The average Bonchev–Trinajstić information content (AvgIpc) is 3.54. The maximum atomic E-state index is 12.8. The minimum atomic E-state index is -1.41. The molecule has 452 valence electrons. The van der Waals surface area contributed by atoms with Crippen LogP contribution in [0.15, 0.2) is 41.5 Å². The highest BCUT2D eigenvalue weighted by molar-refractivity contribution is 5.96. The highest BCUT2D eigenvalue weighted by atomic mass is 16.7. The van der Waals surface area contributed by atoms with E-state index < -0.39 is 128 Å². The molecule has 0 aromatic heterocycles. The van der Waals surface area contributed by atoms with Gasteiger partial charge in [-0.25, -0.2) is 4.79 Å². The molecule has 0 radical (unpaired) electrons. The van der Waals surface area contributed by atoms with E-state index >= 15 is 0 Å². The van der Waals surface area contributed by atoms with Crippen LogP contribution >= 0.6 is 0 Å². The first-order chi connectivity index (χ1) is 38.8. The van der Waals surface area contributed by atoms with Gasteiger partial charge in [0.2, 0.25) is 24.8 Å². The predicted octanol–water partition coefficient (Wildman–Crippen LogP) is 3.94. The number of ketones is 1. The summed E-state index contributed by atoms with van der Waals surface area (Å²) in [6.07, 6.45) is -12.5. The summed E-state index contributed by atoms with van der Waals surface area (Å²) in [6, 6.07) is 8.79. The maximum Gasteiger partial charge on any atom is 0.335 e. The Bertz CT molecular complexity index is 2590. The number of esters is 8. The molecule has 10 atom stereocenters. The summed E-state index contributed by atoms with van der Waals surface area (Å²) in [6.45, 7) is 14.0. The summed E-state index contributed by atoms with van der Waals surface area (Å²) in [5.41, 5.74) is 9.61. The van der Waals surface area contributed by atoms with Crippen molar-refractivity contribution in [2.45, 2.75) is 143 Å². The second kappa shape index (κ2) is 35.0. The van der Waals surface area contributed by atoms with Crippen molar-refractivity contribution in [1.29, 1.82) is 0 Å². The molecule has 0 saturated carbocycles. The predicted molar refractivity (Wildman–Crippen MR) is 275 cm³/mol. The highest BCUT2D eigenvalue weighted by Gasteiger charge is 2.55. The zero-order valence-electron chi connectivity index (χ0n) is 47.0. The van der Waals surface area contributed by atoms with Crippen LogP contribution < -0.4 is 9.47 Å². The number of aryl methyl sites for hydroxylation is 2. The molecule has 29 nitrogen and oxygen atoms in total. The lowest BCUT2D eigenvalue weighted by molar-refractivity contribution is -0.288. The quantitative estimate of drug-likeness (QED) is 0.0229. The van der Waals surface area contributed by atoms with Gasteiger partial charge in [0.15, 0.2) is 30.2 Å².